The number of furan rings is 1. The van der Waals surface area contributed by atoms with Gasteiger partial charge >= 0.3 is 6.03 Å². The van der Waals surface area contributed by atoms with Crippen molar-refractivity contribution in [2.75, 3.05) is 5.32 Å². The third-order valence-corrected chi connectivity index (χ3v) is 4.60. The first-order valence-electron chi connectivity index (χ1n) is 8.19. The van der Waals surface area contributed by atoms with Crippen LogP contribution in [0.3, 0.4) is 0 Å². The second kappa shape index (κ2) is 5.44. The highest BCUT2D eigenvalue weighted by Gasteiger charge is 2.37. The van der Waals surface area contributed by atoms with E-state index in [0.717, 1.165) is 24.4 Å². The van der Waals surface area contributed by atoms with Crippen LogP contribution in [-0.4, -0.2) is 22.1 Å². The normalized spacial score (nSPS) is 22.9. The number of urea groups is 1. The molecule has 122 valence electrons. The quantitative estimate of drug-likeness (QED) is 0.908. The van der Waals surface area contributed by atoms with E-state index in [1.54, 1.807) is 13.0 Å². The van der Waals surface area contributed by atoms with Gasteiger partial charge in [0.2, 0.25) is 0 Å². The predicted molar refractivity (Wildman–Crippen MR) is 84.1 cm³/mol. The largest absolute Gasteiger partial charge is 0.464 e. The molecule has 2 aliphatic carbocycles. The minimum Gasteiger partial charge on any atom is -0.464 e. The van der Waals surface area contributed by atoms with Gasteiger partial charge < -0.3 is 13.8 Å². The Kier molecular flexibility index (Phi) is 3.39. The number of hydrogen-bond donors (Lipinski definition) is 1. The van der Waals surface area contributed by atoms with E-state index in [2.05, 4.69) is 17.4 Å². The summed E-state index contributed by atoms with van der Waals surface area (Å²) in [5.41, 5.74) is 0. The summed E-state index contributed by atoms with van der Waals surface area (Å²) in [6.45, 7) is 4.52. The van der Waals surface area contributed by atoms with Gasteiger partial charge in [-0.3, -0.25) is 5.32 Å². The van der Waals surface area contributed by atoms with E-state index in [0.29, 0.717) is 30.0 Å². The van der Waals surface area contributed by atoms with E-state index in [1.165, 1.54) is 6.42 Å². The van der Waals surface area contributed by atoms with Crippen LogP contribution >= 0.6 is 0 Å². The predicted octanol–water partition coefficient (Wildman–Crippen LogP) is 3.90. The molecule has 2 aliphatic rings. The average Bonchev–Trinajstić information content (AvgIpc) is 3.40. The number of amides is 2. The second-order valence-corrected chi connectivity index (χ2v) is 6.74. The van der Waals surface area contributed by atoms with Crippen LogP contribution in [0.5, 0.6) is 0 Å². The molecule has 4 rings (SSSR count). The second-order valence-electron chi connectivity index (χ2n) is 6.74. The summed E-state index contributed by atoms with van der Waals surface area (Å²) in [6.07, 6.45) is 3.28. The standard InChI is InChI=1S/C17H21N3O3/c1-10-7-14(10)15-6-5-13(22-15)9-20(12-3-4-12)17(21)18-16-8-11(2)23-19-16/h5-6,8,10,12,14H,3-4,7,9H2,1-2H3,(H,18,19,21)/t10-,14+/m0/s1. The molecule has 0 aromatic carbocycles. The van der Waals surface area contributed by atoms with Crippen molar-refractivity contribution < 1.29 is 13.7 Å². The van der Waals surface area contributed by atoms with Crippen molar-refractivity contribution in [1.82, 2.24) is 10.1 Å². The lowest BCUT2D eigenvalue weighted by Crippen LogP contribution is -2.36. The number of nitrogens with one attached hydrogen (secondary N) is 1. The maximum Gasteiger partial charge on any atom is 0.323 e. The lowest BCUT2D eigenvalue weighted by Gasteiger charge is -2.20. The zero-order chi connectivity index (χ0) is 16.0. The Morgan fingerprint density at radius 1 is 1.43 bits per heavy atom. The molecule has 0 aliphatic heterocycles. The number of nitrogens with zero attached hydrogens (tertiary/aromatic N) is 2. The summed E-state index contributed by atoms with van der Waals surface area (Å²) >= 11 is 0. The average molecular weight is 315 g/mol. The van der Waals surface area contributed by atoms with Gasteiger partial charge in [-0.1, -0.05) is 12.1 Å². The highest BCUT2D eigenvalue weighted by atomic mass is 16.5. The molecule has 23 heavy (non-hydrogen) atoms. The van der Waals surface area contributed by atoms with Crippen molar-refractivity contribution in [2.24, 2.45) is 5.92 Å². The number of aromatic nitrogens is 1. The molecule has 2 heterocycles. The van der Waals surface area contributed by atoms with Crippen molar-refractivity contribution in [2.45, 2.75) is 51.6 Å². The number of anilines is 1. The first-order valence-corrected chi connectivity index (χ1v) is 8.19. The number of aryl methyl sites for hydroxylation is 1. The fourth-order valence-corrected chi connectivity index (χ4v) is 2.92. The Balaban J connectivity index is 1.43. The van der Waals surface area contributed by atoms with Gasteiger partial charge in [-0.05, 0) is 44.2 Å². The van der Waals surface area contributed by atoms with Gasteiger partial charge in [-0.15, -0.1) is 0 Å². The molecule has 2 aromatic rings. The van der Waals surface area contributed by atoms with Gasteiger partial charge in [0, 0.05) is 18.0 Å². The smallest absolute Gasteiger partial charge is 0.323 e. The molecule has 0 unspecified atom stereocenters. The molecule has 6 nitrogen and oxygen atoms in total. The van der Waals surface area contributed by atoms with Crippen molar-refractivity contribution in [1.29, 1.82) is 0 Å². The monoisotopic (exact) mass is 315 g/mol. The third-order valence-electron chi connectivity index (χ3n) is 4.60. The van der Waals surface area contributed by atoms with E-state index in [1.807, 2.05) is 17.0 Å². The molecule has 2 saturated carbocycles. The third kappa shape index (κ3) is 3.11. The molecule has 0 bridgehead atoms. The molecular weight excluding hydrogens is 294 g/mol. The van der Waals surface area contributed by atoms with E-state index in [4.69, 9.17) is 8.94 Å². The van der Waals surface area contributed by atoms with Crippen LogP contribution in [0.4, 0.5) is 10.6 Å². The van der Waals surface area contributed by atoms with Crippen molar-refractivity contribution in [3.63, 3.8) is 0 Å². The maximum absolute atomic E-state index is 12.5. The highest BCUT2D eigenvalue weighted by Crippen LogP contribution is 2.47. The fraction of sp³-hybridized carbons (Fsp3) is 0.529. The summed E-state index contributed by atoms with van der Waals surface area (Å²) in [6, 6.07) is 5.88. The van der Waals surface area contributed by atoms with Gasteiger partial charge in [-0.25, -0.2) is 4.79 Å². The summed E-state index contributed by atoms with van der Waals surface area (Å²) < 4.78 is 10.9. The molecule has 0 saturated heterocycles. The minimum absolute atomic E-state index is 0.154. The molecule has 2 amide bonds. The number of carbonyl (C=O) groups is 1. The van der Waals surface area contributed by atoms with E-state index < -0.39 is 0 Å². The summed E-state index contributed by atoms with van der Waals surface area (Å²) in [5, 5.41) is 6.61. The van der Waals surface area contributed by atoms with Gasteiger partial charge in [-0.2, -0.15) is 0 Å². The Morgan fingerprint density at radius 3 is 2.83 bits per heavy atom. The fourth-order valence-electron chi connectivity index (χ4n) is 2.92. The molecule has 1 N–H and O–H groups in total. The Morgan fingerprint density at radius 2 is 2.22 bits per heavy atom. The van der Waals surface area contributed by atoms with Crippen LogP contribution in [-0.2, 0) is 6.54 Å². The van der Waals surface area contributed by atoms with E-state index >= 15 is 0 Å². The Labute approximate surface area is 134 Å². The zero-order valence-corrected chi connectivity index (χ0v) is 13.4. The van der Waals surface area contributed by atoms with Gasteiger partial charge in [0.15, 0.2) is 5.82 Å². The van der Waals surface area contributed by atoms with Crippen LogP contribution in [0.15, 0.2) is 27.1 Å². The molecule has 6 heteroatoms. The van der Waals surface area contributed by atoms with Crippen LogP contribution < -0.4 is 5.32 Å². The lowest BCUT2D eigenvalue weighted by molar-refractivity contribution is 0.200. The van der Waals surface area contributed by atoms with Crippen molar-refractivity contribution in [3.8, 4) is 0 Å². The number of hydrogen-bond acceptors (Lipinski definition) is 4. The molecule has 2 fully saturated rings. The first-order chi connectivity index (χ1) is 11.1. The first kappa shape index (κ1) is 14.4. The van der Waals surface area contributed by atoms with Gasteiger partial charge in [0.05, 0.1) is 6.54 Å². The van der Waals surface area contributed by atoms with Crippen LogP contribution in [0.2, 0.25) is 0 Å². The molecule has 2 aromatic heterocycles. The molecule has 2 atom stereocenters. The van der Waals surface area contributed by atoms with E-state index in [9.17, 15) is 4.79 Å². The summed E-state index contributed by atoms with van der Waals surface area (Å²) in [7, 11) is 0. The van der Waals surface area contributed by atoms with Crippen LogP contribution in [0, 0.1) is 12.8 Å². The Bertz CT molecular complexity index is 716. The van der Waals surface area contributed by atoms with Crippen LogP contribution in [0.25, 0.3) is 0 Å². The highest BCUT2D eigenvalue weighted by molar-refractivity contribution is 5.88. The molecular formula is C17H21N3O3. The molecule has 0 spiro atoms. The number of carbonyl (C=O) groups excluding carboxylic acids is 1. The summed E-state index contributed by atoms with van der Waals surface area (Å²) in [5.74, 6) is 4.29. The molecule has 0 radical (unpaired) electrons. The van der Waals surface area contributed by atoms with Gasteiger partial charge in [0.25, 0.3) is 0 Å². The SMILES string of the molecule is Cc1cc(NC(=O)N(Cc2ccc([C@@H]3C[C@@H]3C)o2)C2CC2)no1. The van der Waals surface area contributed by atoms with Crippen molar-refractivity contribution in [3.05, 3.63) is 35.5 Å². The lowest BCUT2D eigenvalue weighted by atomic mass is 10.3. The van der Waals surface area contributed by atoms with Crippen LogP contribution in [0.1, 0.15) is 49.4 Å². The topological polar surface area (TPSA) is 71.5 Å². The minimum atomic E-state index is -0.154. The number of rotatable bonds is 5. The van der Waals surface area contributed by atoms with E-state index in [-0.39, 0.29) is 12.1 Å². The Hall–Kier alpha value is -2.24. The summed E-state index contributed by atoms with van der Waals surface area (Å²) in [4.78, 5) is 14.3. The maximum atomic E-state index is 12.5. The van der Waals surface area contributed by atoms with Gasteiger partial charge in [0.1, 0.15) is 17.3 Å². The van der Waals surface area contributed by atoms with Crippen molar-refractivity contribution >= 4 is 11.8 Å². The zero-order valence-electron chi connectivity index (χ0n) is 13.4.